The topological polar surface area (TPSA) is 36.9 Å². The van der Waals surface area contributed by atoms with Crippen LogP contribution in [0.4, 0.5) is 0 Å². The van der Waals surface area contributed by atoms with Crippen LogP contribution in [0.3, 0.4) is 0 Å². The highest BCUT2D eigenvalue weighted by atomic mass is 16.5. The molecule has 0 saturated heterocycles. The lowest BCUT2D eigenvalue weighted by Gasteiger charge is -2.02. The number of hydrogen-bond donors (Lipinski definition) is 1. The summed E-state index contributed by atoms with van der Waals surface area (Å²) in [6, 6.07) is 7.91. The first-order chi connectivity index (χ1) is 4.88. The van der Waals surface area contributed by atoms with E-state index in [4.69, 9.17) is 4.74 Å². The van der Waals surface area contributed by atoms with Gasteiger partial charge < -0.3 is 10.5 Å². The molecule has 54 valence electrons. The summed E-state index contributed by atoms with van der Waals surface area (Å²) in [5.74, 6) is 0.928. The number of rotatable bonds is 2. The quantitative estimate of drug-likeness (QED) is 0.632. The highest BCUT2D eigenvalue weighted by Crippen LogP contribution is 2.14. The minimum atomic E-state index is 0.782. The summed E-state index contributed by atoms with van der Waals surface area (Å²) < 4.78 is 5.10. The van der Waals surface area contributed by atoms with Gasteiger partial charge in [-0.3, -0.25) is 0 Å². The third-order valence-corrected chi connectivity index (χ3v) is 1.46. The fraction of sp³-hybridized carbons (Fsp3) is 0.250. The maximum Gasteiger partial charge on any atom is 0.127 e. The molecule has 0 heterocycles. The minimum Gasteiger partial charge on any atom is -0.496 e. The summed E-state index contributed by atoms with van der Waals surface area (Å²) >= 11 is 0. The third kappa shape index (κ3) is 1.28. The van der Waals surface area contributed by atoms with Crippen LogP contribution in [0.5, 0.6) is 5.75 Å². The summed E-state index contributed by atoms with van der Waals surface area (Å²) in [5, 5.41) is 0. The van der Waals surface area contributed by atoms with Gasteiger partial charge in [0.05, 0.1) is 7.11 Å². The van der Waals surface area contributed by atoms with Crippen LogP contribution in [-0.2, 0) is 6.54 Å². The van der Waals surface area contributed by atoms with Gasteiger partial charge in [-0.25, -0.2) is 0 Å². The standard InChI is InChI=1S/C8H11NO/c1-10-8-5-3-2-4-7(8)6-9/h2-5H,6,9H2,1H3/p+1. The van der Waals surface area contributed by atoms with Crippen LogP contribution in [0.25, 0.3) is 0 Å². The summed E-state index contributed by atoms with van der Waals surface area (Å²) in [4.78, 5) is 0. The second kappa shape index (κ2) is 3.22. The molecular formula is C8H12NO+. The van der Waals surface area contributed by atoms with Crippen LogP contribution in [0, 0.1) is 0 Å². The largest absolute Gasteiger partial charge is 0.496 e. The van der Waals surface area contributed by atoms with Crippen molar-refractivity contribution < 1.29 is 10.5 Å². The van der Waals surface area contributed by atoms with Crippen molar-refractivity contribution in [1.29, 1.82) is 0 Å². The van der Waals surface area contributed by atoms with E-state index in [1.807, 2.05) is 24.3 Å². The van der Waals surface area contributed by atoms with Crippen LogP contribution >= 0.6 is 0 Å². The van der Waals surface area contributed by atoms with E-state index >= 15 is 0 Å². The van der Waals surface area contributed by atoms with Crippen molar-refractivity contribution in [3.05, 3.63) is 29.8 Å². The molecule has 0 saturated carbocycles. The Hall–Kier alpha value is -1.02. The van der Waals surface area contributed by atoms with Crippen molar-refractivity contribution in [3.63, 3.8) is 0 Å². The van der Waals surface area contributed by atoms with E-state index in [-0.39, 0.29) is 0 Å². The van der Waals surface area contributed by atoms with E-state index in [1.165, 1.54) is 0 Å². The smallest absolute Gasteiger partial charge is 0.127 e. The fourth-order valence-corrected chi connectivity index (χ4v) is 0.910. The highest BCUT2D eigenvalue weighted by Gasteiger charge is 1.97. The van der Waals surface area contributed by atoms with Crippen molar-refractivity contribution in [2.75, 3.05) is 7.11 Å². The van der Waals surface area contributed by atoms with Gasteiger partial charge in [-0.1, -0.05) is 12.1 Å². The molecular weight excluding hydrogens is 126 g/mol. The zero-order valence-corrected chi connectivity index (χ0v) is 6.13. The average molecular weight is 138 g/mol. The van der Waals surface area contributed by atoms with Crippen LogP contribution in [-0.4, -0.2) is 7.11 Å². The Morgan fingerprint density at radius 2 is 2.10 bits per heavy atom. The average Bonchev–Trinajstić information content (AvgIpc) is 2.04. The molecule has 0 aliphatic carbocycles. The van der Waals surface area contributed by atoms with E-state index < -0.39 is 0 Å². The molecule has 0 fully saturated rings. The molecule has 1 aromatic carbocycles. The summed E-state index contributed by atoms with van der Waals surface area (Å²) in [6.07, 6.45) is 0. The number of ether oxygens (including phenoxy) is 1. The van der Waals surface area contributed by atoms with Gasteiger partial charge in [-0.05, 0) is 12.1 Å². The lowest BCUT2D eigenvalue weighted by atomic mass is 10.2. The molecule has 0 bridgehead atoms. The summed E-state index contributed by atoms with van der Waals surface area (Å²) in [7, 11) is 1.68. The molecule has 0 aromatic heterocycles. The van der Waals surface area contributed by atoms with Gasteiger partial charge in [0.1, 0.15) is 12.3 Å². The maximum atomic E-state index is 5.10. The maximum absolute atomic E-state index is 5.10. The third-order valence-electron chi connectivity index (χ3n) is 1.46. The summed E-state index contributed by atoms with van der Waals surface area (Å²) in [5.41, 5.74) is 4.94. The molecule has 0 atom stereocenters. The second-order valence-electron chi connectivity index (χ2n) is 2.06. The van der Waals surface area contributed by atoms with Crippen LogP contribution in [0.1, 0.15) is 5.56 Å². The first-order valence-electron chi connectivity index (χ1n) is 3.29. The molecule has 0 aliphatic heterocycles. The Balaban J connectivity index is 2.96. The Bertz CT molecular complexity index is 187. The van der Waals surface area contributed by atoms with Crippen molar-refractivity contribution in [2.24, 2.45) is 0 Å². The molecule has 0 radical (unpaired) electrons. The van der Waals surface area contributed by atoms with Gasteiger partial charge in [0.25, 0.3) is 0 Å². The van der Waals surface area contributed by atoms with Crippen molar-refractivity contribution in [2.45, 2.75) is 6.54 Å². The normalized spacial score (nSPS) is 9.40. The number of methoxy groups -OCH3 is 1. The minimum absolute atomic E-state index is 0.782. The van der Waals surface area contributed by atoms with Gasteiger partial charge in [-0.2, -0.15) is 0 Å². The van der Waals surface area contributed by atoms with E-state index in [0.29, 0.717) is 0 Å². The molecule has 2 heteroatoms. The highest BCUT2D eigenvalue weighted by molar-refractivity contribution is 5.32. The lowest BCUT2D eigenvalue weighted by molar-refractivity contribution is -0.386. The van der Waals surface area contributed by atoms with E-state index in [0.717, 1.165) is 17.9 Å². The molecule has 1 aromatic rings. The predicted molar refractivity (Wildman–Crippen MR) is 39.6 cm³/mol. The predicted octanol–water partition coefficient (Wildman–Crippen LogP) is 0.437. The number of para-hydroxylation sites is 1. The first-order valence-corrected chi connectivity index (χ1v) is 3.29. The lowest BCUT2D eigenvalue weighted by Crippen LogP contribution is -2.47. The van der Waals surface area contributed by atoms with Crippen molar-refractivity contribution in [3.8, 4) is 5.75 Å². The zero-order chi connectivity index (χ0) is 7.40. The van der Waals surface area contributed by atoms with Gasteiger partial charge >= 0.3 is 0 Å². The second-order valence-corrected chi connectivity index (χ2v) is 2.06. The molecule has 0 amide bonds. The SMILES string of the molecule is COc1ccccc1C[NH3+]. The molecule has 0 aliphatic rings. The molecule has 0 unspecified atom stereocenters. The van der Waals surface area contributed by atoms with Gasteiger partial charge in [-0.15, -0.1) is 0 Å². The number of quaternary nitrogens is 1. The Morgan fingerprint density at radius 3 is 2.60 bits per heavy atom. The van der Waals surface area contributed by atoms with Crippen molar-refractivity contribution >= 4 is 0 Å². The van der Waals surface area contributed by atoms with Crippen molar-refractivity contribution in [1.82, 2.24) is 0 Å². The van der Waals surface area contributed by atoms with Crippen LogP contribution in [0.2, 0.25) is 0 Å². The first kappa shape index (κ1) is 7.09. The molecule has 2 nitrogen and oxygen atoms in total. The van der Waals surface area contributed by atoms with Gasteiger partial charge in [0.2, 0.25) is 0 Å². The van der Waals surface area contributed by atoms with E-state index in [9.17, 15) is 0 Å². The molecule has 10 heavy (non-hydrogen) atoms. The monoisotopic (exact) mass is 138 g/mol. The fourth-order valence-electron chi connectivity index (χ4n) is 0.910. The summed E-state index contributed by atoms with van der Waals surface area (Å²) in [6.45, 7) is 0.782. The van der Waals surface area contributed by atoms with Gasteiger partial charge in [0, 0.05) is 5.56 Å². The van der Waals surface area contributed by atoms with Gasteiger partial charge in [0.15, 0.2) is 0 Å². The van der Waals surface area contributed by atoms with Crippen LogP contribution in [0.15, 0.2) is 24.3 Å². The Kier molecular flexibility index (Phi) is 2.29. The number of hydrogen-bond acceptors (Lipinski definition) is 1. The van der Waals surface area contributed by atoms with E-state index in [1.54, 1.807) is 7.11 Å². The molecule has 1 rings (SSSR count). The molecule has 0 spiro atoms. The molecule has 3 N–H and O–H groups in total. The Morgan fingerprint density at radius 1 is 1.40 bits per heavy atom. The van der Waals surface area contributed by atoms with E-state index in [2.05, 4.69) is 5.73 Å². The zero-order valence-electron chi connectivity index (χ0n) is 6.13. The number of benzene rings is 1. The Labute approximate surface area is 60.6 Å². The van der Waals surface area contributed by atoms with Crippen LogP contribution < -0.4 is 10.5 Å².